The van der Waals surface area contributed by atoms with Crippen LogP contribution in [0.5, 0.6) is 0 Å². The second kappa shape index (κ2) is 6.16. The molecule has 0 unspecified atom stereocenters. The molecule has 1 saturated heterocycles. The number of carbonyl (C=O) groups is 1. The van der Waals surface area contributed by atoms with Gasteiger partial charge in [-0.2, -0.15) is 0 Å². The number of amides is 1. The number of hydrogen-bond acceptors (Lipinski definition) is 2. The number of benzene rings is 1. The van der Waals surface area contributed by atoms with Crippen LogP contribution in [0.25, 0.3) is 0 Å². The highest BCUT2D eigenvalue weighted by Crippen LogP contribution is 2.29. The Morgan fingerprint density at radius 1 is 1.29 bits per heavy atom. The lowest BCUT2D eigenvalue weighted by Crippen LogP contribution is -2.62. The molecule has 1 fully saturated rings. The molecule has 2 N–H and O–H groups in total. The Hall–Kier alpha value is -0.140. The number of carbonyl (C=O) groups excluding carboxylic acids is 1. The van der Waals surface area contributed by atoms with Crippen LogP contribution in [-0.2, 0) is 0 Å². The predicted molar refractivity (Wildman–Crippen MR) is 98.6 cm³/mol. The van der Waals surface area contributed by atoms with Crippen molar-refractivity contribution in [3.05, 3.63) is 31.8 Å². The van der Waals surface area contributed by atoms with Gasteiger partial charge in [-0.15, -0.1) is 0 Å². The van der Waals surface area contributed by atoms with Gasteiger partial charge in [-0.25, -0.2) is 0 Å². The minimum Gasteiger partial charge on any atom is -0.349 e. The summed E-state index contributed by atoms with van der Waals surface area (Å²) in [6, 6.07) is 5.98. The molecule has 116 valence electrons. The van der Waals surface area contributed by atoms with Crippen LogP contribution in [0.2, 0.25) is 0 Å². The van der Waals surface area contributed by atoms with Crippen molar-refractivity contribution in [2.24, 2.45) is 0 Å². The van der Waals surface area contributed by atoms with E-state index in [4.69, 9.17) is 0 Å². The van der Waals surface area contributed by atoms with Crippen molar-refractivity contribution in [1.29, 1.82) is 0 Å². The van der Waals surface area contributed by atoms with E-state index in [9.17, 15) is 4.79 Å². The van der Waals surface area contributed by atoms with Crippen molar-refractivity contribution in [2.75, 3.05) is 0 Å². The van der Waals surface area contributed by atoms with Crippen LogP contribution >= 0.6 is 38.5 Å². The molecule has 0 atom stereocenters. The molecule has 0 aromatic heterocycles. The molecule has 0 aliphatic carbocycles. The molecule has 0 bridgehead atoms. The van der Waals surface area contributed by atoms with E-state index in [0.29, 0.717) is 0 Å². The first-order valence-electron chi connectivity index (χ1n) is 7.13. The maximum Gasteiger partial charge on any atom is 0.252 e. The Labute approximate surface area is 148 Å². The molecular weight excluding hydrogens is 443 g/mol. The Balaban J connectivity index is 2.14. The zero-order chi connectivity index (χ0) is 15.8. The Bertz CT molecular complexity index is 541. The molecule has 1 amide bonds. The average molecular weight is 465 g/mol. The van der Waals surface area contributed by atoms with Crippen LogP contribution < -0.4 is 10.6 Å². The van der Waals surface area contributed by atoms with Crippen molar-refractivity contribution in [2.45, 2.75) is 57.7 Å². The normalized spacial score (nSPS) is 21.0. The van der Waals surface area contributed by atoms with Crippen LogP contribution in [0.15, 0.2) is 22.7 Å². The van der Waals surface area contributed by atoms with Gasteiger partial charge in [0.2, 0.25) is 0 Å². The molecule has 5 heteroatoms. The van der Waals surface area contributed by atoms with E-state index in [0.717, 1.165) is 26.4 Å². The quantitative estimate of drug-likeness (QED) is 0.647. The molecule has 0 spiro atoms. The maximum absolute atomic E-state index is 12.6. The zero-order valence-corrected chi connectivity index (χ0v) is 16.6. The van der Waals surface area contributed by atoms with Crippen LogP contribution in [0.4, 0.5) is 0 Å². The minimum atomic E-state index is 0.0131. The number of halogens is 2. The van der Waals surface area contributed by atoms with E-state index in [1.807, 2.05) is 18.2 Å². The minimum absolute atomic E-state index is 0.0131. The lowest BCUT2D eigenvalue weighted by Gasteiger charge is -2.46. The van der Waals surface area contributed by atoms with E-state index in [-0.39, 0.29) is 23.0 Å². The van der Waals surface area contributed by atoms with E-state index >= 15 is 0 Å². The predicted octanol–water partition coefficient (Wildman–Crippen LogP) is 4.09. The second-order valence-corrected chi connectivity index (χ2v) is 9.17. The van der Waals surface area contributed by atoms with E-state index in [2.05, 4.69) is 76.8 Å². The fraction of sp³-hybridized carbons (Fsp3) is 0.562. The van der Waals surface area contributed by atoms with Crippen molar-refractivity contribution in [3.8, 4) is 0 Å². The molecule has 1 heterocycles. The molecule has 0 saturated carbocycles. The molecule has 3 nitrogen and oxygen atoms in total. The second-order valence-electron chi connectivity index (χ2n) is 7.10. The van der Waals surface area contributed by atoms with Gasteiger partial charge in [-0.1, -0.05) is 15.9 Å². The molecule has 21 heavy (non-hydrogen) atoms. The largest absolute Gasteiger partial charge is 0.349 e. The third-order valence-corrected chi connectivity index (χ3v) is 5.13. The first-order valence-corrected chi connectivity index (χ1v) is 9.00. The van der Waals surface area contributed by atoms with Gasteiger partial charge in [-0.05, 0) is 81.3 Å². The summed E-state index contributed by atoms with van der Waals surface area (Å²) in [5.74, 6) is 0.0131. The van der Waals surface area contributed by atoms with Crippen molar-refractivity contribution < 1.29 is 4.79 Å². The van der Waals surface area contributed by atoms with Crippen LogP contribution in [-0.4, -0.2) is 23.0 Å². The third-order valence-electron chi connectivity index (χ3n) is 3.70. The Kier molecular flexibility index (Phi) is 5.05. The number of piperidine rings is 1. The highest BCUT2D eigenvalue weighted by Gasteiger charge is 2.38. The lowest BCUT2D eigenvalue weighted by atomic mass is 9.79. The molecule has 1 aromatic carbocycles. The van der Waals surface area contributed by atoms with Crippen LogP contribution in [0, 0.1) is 3.57 Å². The molecule has 1 aliphatic rings. The van der Waals surface area contributed by atoms with Gasteiger partial charge in [0.05, 0.1) is 5.56 Å². The average Bonchev–Trinajstić information content (AvgIpc) is 2.27. The van der Waals surface area contributed by atoms with E-state index < -0.39 is 0 Å². The Morgan fingerprint density at radius 3 is 2.43 bits per heavy atom. The van der Waals surface area contributed by atoms with Gasteiger partial charge in [-0.3, -0.25) is 4.79 Å². The fourth-order valence-corrected chi connectivity index (χ4v) is 4.30. The number of hydrogen-bond donors (Lipinski definition) is 2. The highest BCUT2D eigenvalue weighted by molar-refractivity contribution is 14.1. The topological polar surface area (TPSA) is 41.1 Å². The van der Waals surface area contributed by atoms with E-state index in [1.54, 1.807) is 0 Å². The molecule has 1 aromatic rings. The van der Waals surface area contributed by atoms with Crippen molar-refractivity contribution in [1.82, 2.24) is 10.6 Å². The van der Waals surface area contributed by atoms with Crippen molar-refractivity contribution in [3.63, 3.8) is 0 Å². The lowest BCUT2D eigenvalue weighted by molar-refractivity contribution is 0.0872. The first kappa shape index (κ1) is 17.2. The van der Waals surface area contributed by atoms with Crippen molar-refractivity contribution >= 4 is 44.4 Å². The van der Waals surface area contributed by atoms with E-state index in [1.165, 1.54) is 0 Å². The van der Waals surface area contributed by atoms with Gasteiger partial charge in [0, 0.05) is 25.2 Å². The van der Waals surface area contributed by atoms with Gasteiger partial charge < -0.3 is 10.6 Å². The summed E-state index contributed by atoms with van der Waals surface area (Å²) in [7, 11) is 0. The summed E-state index contributed by atoms with van der Waals surface area (Å²) in [6.07, 6.45) is 1.87. The smallest absolute Gasteiger partial charge is 0.252 e. The number of nitrogens with one attached hydrogen (secondary N) is 2. The maximum atomic E-state index is 12.6. The summed E-state index contributed by atoms with van der Waals surface area (Å²) in [5.41, 5.74) is 0.799. The number of rotatable bonds is 2. The Morgan fingerprint density at radius 2 is 1.86 bits per heavy atom. The summed E-state index contributed by atoms with van der Waals surface area (Å²) >= 11 is 5.64. The summed E-state index contributed by atoms with van der Waals surface area (Å²) in [4.78, 5) is 12.6. The van der Waals surface area contributed by atoms with Gasteiger partial charge in [0.15, 0.2) is 0 Å². The van der Waals surface area contributed by atoms with Gasteiger partial charge in [0.1, 0.15) is 0 Å². The van der Waals surface area contributed by atoms with Crippen LogP contribution in [0.1, 0.15) is 50.9 Å². The summed E-state index contributed by atoms with van der Waals surface area (Å²) < 4.78 is 1.90. The zero-order valence-electron chi connectivity index (χ0n) is 12.9. The monoisotopic (exact) mass is 464 g/mol. The van der Waals surface area contributed by atoms with Gasteiger partial charge in [0.25, 0.3) is 5.91 Å². The summed E-state index contributed by atoms with van der Waals surface area (Å²) in [6.45, 7) is 8.76. The van der Waals surface area contributed by atoms with Crippen LogP contribution in [0.3, 0.4) is 0 Å². The molecule has 0 radical (unpaired) electrons. The fourth-order valence-electron chi connectivity index (χ4n) is 3.36. The highest BCUT2D eigenvalue weighted by atomic mass is 127. The standard InChI is InChI=1S/C16H22BrIN2O/c1-15(2)8-11(9-16(3,4)20-15)19-14(21)12-7-10(17)5-6-13(12)18/h5-7,11,20H,8-9H2,1-4H3,(H,19,21). The third kappa shape index (κ3) is 4.66. The van der Waals surface area contributed by atoms with Gasteiger partial charge >= 0.3 is 0 Å². The summed E-state index contributed by atoms with van der Waals surface area (Å²) in [5, 5.41) is 6.85. The first-order chi connectivity index (χ1) is 9.58. The molecule has 1 aliphatic heterocycles. The molecule has 2 rings (SSSR count). The SMILES string of the molecule is CC1(C)CC(NC(=O)c2cc(Br)ccc2I)CC(C)(C)N1. The molecular formula is C16H22BrIN2O.